The third-order valence-electron chi connectivity index (χ3n) is 2.90. The van der Waals surface area contributed by atoms with Crippen LogP contribution in [0.1, 0.15) is 23.7 Å². The van der Waals surface area contributed by atoms with Gasteiger partial charge in [0.15, 0.2) is 6.61 Å². The lowest BCUT2D eigenvalue weighted by Gasteiger charge is -2.08. The van der Waals surface area contributed by atoms with E-state index in [1.807, 2.05) is 18.2 Å². The molecule has 1 atom stereocenters. The minimum absolute atomic E-state index is 0.0153. The minimum atomic E-state index is -0.382. The van der Waals surface area contributed by atoms with Gasteiger partial charge in [-0.1, -0.05) is 6.07 Å². The summed E-state index contributed by atoms with van der Waals surface area (Å²) in [7, 11) is 0. The number of nitrogens with zero attached hydrogens (tertiary/aromatic N) is 1. The Bertz CT molecular complexity index is 493. The number of carbonyl (C=O) groups is 1. The molecule has 0 aliphatic heterocycles. The average molecular weight is 246 g/mol. The number of benzene rings is 1. The number of hydrogen-bond acceptors (Lipinski definition) is 4. The monoisotopic (exact) mass is 246 g/mol. The molecule has 0 unspecified atom stereocenters. The van der Waals surface area contributed by atoms with Crippen molar-refractivity contribution in [3.05, 3.63) is 29.3 Å². The predicted octanol–water partition coefficient (Wildman–Crippen LogP) is 0.685. The lowest BCUT2D eigenvalue weighted by molar-refractivity contribution is -0.122. The van der Waals surface area contributed by atoms with Crippen LogP contribution in [0.4, 0.5) is 0 Å². The van der Waals surface area contributed by atoms with Crippen LogP contribution in [0.2, 0.25) is 0 Å². The maximum absolute atomic E-state index is 11.2. The molecule has 0 bridgehead atoms. The van der Waals surface area contributed by atoms with E-state index in [1.165, 1.54) is 0 Å². The normalized spacial score (nSPS) is 16.8. The molecule has 18 heavy (non-hydrogen) atoms. The molecule has 0 aromatic heterocycles. The smallest absolute Gasteiger partial charge is 0.258 e. The van der Waals surface area contributed by atoms with Crippen molar-refractivity contribution in [3.63, 3.8) is 0 Å². The fourth-order valence-corrected chi connectivity index (χ4v) is 2.00. The van der Waals surface area contributed by atoms with Gasteiger partial charge in [-0.05, 0) is 36.1 Å². The van der Waals surface area contributed by atoms with Crippen molar-refractivity contribution in [2.24, 2.45) is 0 Å². The molecule has 0 heterocycles. The predicted molar refractivity (Wildman–Crippen MR) is 63.8 cm³/mol. The van der Waals surface area contributed by atoms with Crippen LogP contribution < -0.4 is 10.1 Å². The number of aliphatic hydroxyl groups is 1. The number of aryl methyl sites for hydroxylation is 1. The number of fused-ring (bicyclic) bond motifs is 1. The van der Waals surface area contributed by atoms with E-state index in [9.17, 15) is 9.90 Å². The highest BCUT2D eigenvalue weighted by Crippen LogP contribution is 2.33. The molecule has 5 nitrogen and oxygen atoms in total. The fourth-order valence-electron chi connectivity index (χ4n) is 2.00. The number of nitrogens with one attached hydrogen (secondary N) is 1. The highest BCUT2D eigenvalue weighted by atomic mass is 16.5. The summed E-state index contributed by atoms with van der Waals surface area (Å²) >= 11 is 0. The molecule has 0 fully saturated rings. The number of rotatable bonds is 4. The van der Waals surface area contributed by atoms with Gasteiger partial charge in [0.05, 0.1) is 12.2 Å². The molecular weight excluding hydrogens is 232 g/mol. The summed E-state index contributed by atoms with van der Waals surface area (Å²) in [5.74, 6) is 0.284. The fraction of sp³-hybridized carbons (Fsp3) is 0.385. The third kappa shape index (κ3) is 2.79. The quantitative estimate of drug-likeness (QED) is 0.765. The number of nitriles is 1. The first-order chi connectivity index (χ1) is 8.70. The molecule has 0 saturated carbocycles. The number of hydrogen-bond donors (Lipinski definition) is 2. The van der Waals surface area contributed by atoms with E-state index in [4.69, 9.17) is 10.00 Å². The maximum Gasteiger partial charge on any atom is 0.258 e. The van der Waals surface area contributed by atoms with Gasteiger partial charge in [-0.3, -0.25) is 4.79 Å². The maximum atomic E-state index is 11.2. The van der Waals surface area contributed by atoms with E-state index in [2.05, 4.69) is 5.32 Å². The largest absolute Gasteiger partial charge is 0.484 e. The van der Waals surface area contributed by atoms with Gasteiger partial charge in [0, 0.05) is 0 Å². The Morgan fingerprint density at radius 3 is 3.22 bits per heavy atom. The summed E-state index contributed by atoms with van der Waals surface area (Å²) in [6.45, 7) is -0.123. The van der Waals surface area contributed by atoms with Crippen molar-refractivity contribution in [2.75, 3.05) is 13.2 Å². The number of aliphatic hydroxyl groups excluding tert-OH is 1. The molecule has 1 aromatic rings. The van der Waals surface area contributed by atoms with E-state index in [0.717, 1.165) is 24.0 Å². The van der Waals surface area contributed by atoms with Crippen LogP contribution in [-0.4, -0.2) is 24.2 Å². The number of ether oxygens (including phenoxy) is 1. The second-order valence-corrected chi connectivity index (χ2v) is 4.14. The van der Waals surface area contributed by atoms with Crippen molar-refractivity contribution in [1.29, 1.82) is 5.26 Å². The van der Waals surface area contributed by atoms with Crippen LogP contribution in [-0.2, 0) is 11.2 Å². The van der Waals surface area contributed by atoms with E-state index in [0.29, 0.717) is 5.75 Å². The second kappa shape index (κ2) is 5.52. The van der Waals surface area contributed by atoms with E-state index in [-0.39, 0.29) is 25.2 Å². The van der Waals surface area contributed by atoms with Gasteiger partial charge < -0.3 is 15.2 Å². The molecule has 0 radical (unpaired) electrons. The Morgan fingerprint density at radius 2 is 2.44 bits per heavy atom. The summed E-state index contributed by atoms with van der Waals surface area (Å²) < 4.78 is 5.32. The van der Waals surface area contributed by atoms with Crippen LogP contribution in [0.5, 0.6) is 5.75 Å². The molecule has 1 amide bonds. The van der Waals surface area contributed by atoms with Crippen LogP contribution in [0.15, 0.2) is 18.2 Å². The summed E-state index contributed by atoms with van der Waals surface area (Å²) in [6, 6.07) is 7.24. The zero-order valence-electron chi connectivity index (χ0n) is 9.85. The topological polar surface area (TPSA) is 82.4 Å². The molecule has 2 N–H and O–H groups in total. The summed E-state index contributed by atoms with van der Waals surface area (Å²) in [5, 5.41) is 20.4. The molecule has 2 rings (SSSR count). The van der Waals surface area contributed by atoms with E-state index in [1.54, 1.807) is 6.07 Å². The zero-order valence-corrected chi connectivity index (χ0v) is 9.85. The zero-order chi connectivity index (χ0) is 13.0. The number of carbonyl (C=O) groups excluding carboxylic acids is 1. The highest BCUT2D eigenvalue weighted by molar-refractivity contribution is 5.77. The van der Waals surface area contributed by atoms with E-state index < -0.39 is 0 Å². The van der Waals surface area contributed by atoms with Crippen molar-refractivity contribution in [1.82, 2.24) is 5.32 Å². The molecule has 5 heteroatoms. The molecule has 1 aliphatic rings. The van der Waals surface area contributed by atoms with Gasteiger partial charge in [-0.15, -0.1) is 0 Å². The van der Waals surface area contributed by atoms with Crippen molar-refractivity contribution in [3.8, 4) is 11.8 Å². The van der Waals surface area contributed by atoms with Gasteiger partial charge in [0.25, 0.3) is 5.91 Å². The first kappa shape index (κ1) is 12.4. The highest BCUT2D eigenvalue weighted by Gasteiger charge is 2.20. The van der Waals surface area contributed by atoms with Crippen molar-refractivity contribution >= 4 is 5.91 Å². The Balaban J connectivity index is 1.91. The standard InChI is InChI=1S/C13H14N2O3/c14-5-6-15-13(17)8-18-10-2-3-11-9(7-10)1-4-12(11)16/h2-3,7,12,16H,1,4,6,8H2,(H,15,17)/t12-/m1/s1. The Morgan fingerprint density at radius 1 is 1.61 bits per heavy atom. The first-order valence-electron chi connectivity index (χ1n) is 5.78. The summed E-state index contributed by atoms with van der Waals surface area (Å²) in [6.07, 6.45) is 1.18. The molecule has 0 spiro atoms. The third-order valence-corrected chi connectivity index (χ3v) is 2.90. The average Bonchev–Trinajstić information content (AvgIpc) is 2.75. The summed E-state index contributed by atoms with van der Waals surface area (Å²) in [4.78, 5) is 11.2. The Labute approximate surface area is 105 Å². The Kier molecular flexibility index (Phi) is 3.80. The van der Waals surface area contributed by atoms with Crippen LogP contribution in [0.25, 0.3) is 0 Å². The van der Waals surface area contributed by atoms with Crippen LogP contribution in [0, 0.1) is 11.3 Å². The minimum Gasteiger partial charge on any atom is -0.484 e. The molecule has 94 valence electrons. The first-order valence-corrected chi connectivity index (χ1v) is 5.78. The molecule has 1 aliphatic carbocycles. The van der Waals surface area contributed by atoms with Gasteiger partial charge in [0.1, 0.15) is 12.3 Å². The molecular formula is C13H14N2O3. The van der Waals surface area contributed by atoms with Crippen LogP contribution in [0.3, 0.4) is 0 Å². The van der Waals surface area contributed by atoms with Crippen LogP contribution >= 0.6 is 0 Å². The van der Waals surface area contributed by atoms with Crippen molar-refractivity contribution in [2.45, 2.75) is 18.9 Å². The lowest BCUT2D eigenvalue weighted by atomic mass is 10.1. The van der Waals surface area contributed by atoms with Gasteiger partial charge >= 0.3 is 0 Å². The van der Waals surface area contributed by atoms with Gasteiger partial charge in [0.2, 0.25) is 0 Å². The molecule has 0 saturated heterocycles. The number of amides is 1. The SMILES string of the molecule is N#CCNC(=O)COc1ccc2c(c1)CC[C@H]2O. The Hall–Kier alpha value is -2.06. The van der Waals surface area contributed by atoms with Crippen molar-refractivity contribution < 1.29 is 14.6 Å². The van der Waals surface area contributed by atoms with E-state index >= 15 is 0 Å². The summed E-state index contributed by atoms with van der Waals surface area (Å²) in [5.41, 5.74) is 2.01. The second-order valence-electron chi connectivity index (χ2n) is 4.14. The lowest BCUT2D eigenvalue weighted by Crippen LogP contribution is -2.29. The van der Waals surface area contributed by atoms with Gasteiger partial charge in [-0.2, -0.15) is 5.26 Å². The molecule has 1 aromatic carbocycles. The van der Waals surface area contributed by atoms with Gasteiger partial charge in [-0.25, -0.2) is 0 Å².